The van der Waals surface area contributed by atoms with Crippen molar-refractivity contribution in [1.29, 1.82) is 0 Å². The number of nitrogen functional groups attached to an aromatic ring is 1. The summed E-state index contributed by atoms with van der Waals surface area (Å²) in [6.45, 7) is 0. The van der Waals surface area contributed by atoms with Gasteiger partial charge >= 0.3 is 0 Å². The van der Waals surface area contributed by atoms with Gasteiger partial charge in [0.15, 0.2) is 0 Å². The zero-order chi connectivity index (χ0) is 15.7. The molecule has 0 spiro atoms. The summed E-state index contributed by atoms with van der Waals surface area (Å²) in [6.07, 6.45) is 0. The number of benzene rings is 2. The third-order valence-corrected chi connectivity index (χ3v) is 4.92. The summed E-state index contributed by atoms with van der Waals surface area (Å²) in [5, 5.41) is -0.0128. The zero-order valence-electron chi connectivity index (χ0n) is 12.7. The number of amides is 1. The summed E-state index contributed by atoms with van der Waals surface area (Å²) >= 11 is 1.64. The molecule has 1 saturated heterocycles. The quantitative estimate of drug-likeness (QED) is 0.885. The summed E-state index contributed by atoms with van der Waals surface area (Å²) in [7, 11) is 4.00. The minimum Gasteiger partial charge on any atom is -0.399 e. The lowest BCUT2D eigenvalue weighted by molar-refractivity contribution is -0.115. The number of anilines is 3. The lowest BCUT2D eigenvalue weighted by atomic mass is 10.1. The van der Waals surface area contributed by atoms with E-state index in [9.17, 15) is 4.79 Å². The fourth-order valence-electron chi connectivity index (χ4n) is 2.57. The molecule has 3 rings (SSSR count). The molecule has 1 fully saturated rings. The predicted octanol–water partition coefficient (Wildman–Crippen LogP) is 3.11. The van der Waals surface area contributed by atoms with E-state index in [1.165, 1.54) is 0 Å². The van der Waals surface area contributed by atoms with Gasteiger partial charge in [-0.1, -0.05) is 12.1 Å². The van der Waals surface area contributed by atoms with Crippen molar-refractivity contribution in [2.75, 3.05) is 35.4 Å². The van der Waals surface area contributed by atoms with Gasteiger partial charge in [0.25, 0.3) is 0 Å². The largest absolute Gasteiger partial charge is 0.399 e. The van der Waals surface area contributed by atoms with Gasteiger partial charge in [-0.15, -0.1) is 11.8 Å². The summed E-state index contributed by atoms with van der Waals surface area (Å²) in [5.41, 5.74) is 9.70. The molecule has 0 aromatic heterocycles. The molecule has 1 atom stereocenters. The Morgan fingerprint density at radius 3 is 2.55 bits per heavy atom. The van der Waals surface area contributed by atoms with E-state index in [0.29, 0.717) is 5.75 Å². The van der Waals surface area contributed by atoms with Crippen LogP contribution in [-0.4, -0.2) is 25.8 Å². The molecule has 22 heavy (non-hydrogen) atoms. The minimum atomic E-state index is -0.0128. The number of nitrogens with zero attached hydrogens (tertiary/aromatic N) is 2. The molecule has 0 bridgehead atoms. The molecule has 5 heteroatoms. The van der Waals surface area contributed by atoms with Crippen molar-refractivity contribution in [2.45, 2.75) is 5.37 Å². The SMILES string of the molecule is CN(C)c1ccc(N2C(=O)CSC2c2cccc(N)c2)cc1. The monoisotopic (exact) mass is 313 g/mol. The van der Waals surface area contributed by atoms with E-state index < -0.39 is 0 Å². The first-order valence-electron chi connectivity index (χ1n) is 7.13. The Kier molecular flexibility index (Phi) is 3.98. The Morgan fingerprint density at radius 2 is 1.91 bits per heavy atom. The Balaban J connectivity index is 1.94. The van der Waals surface area contributed by atoms with Crippen LogP contribution in [0.15, 0.2) is 48.5 Å². The van der Waals surface area contributed by atoms with Crippen LogP contribution in [0.3, 0.4) is 0 Å². The molecule has 0 saturated carbocycles. The van der Waals surface area contributed by atoms with Gasteiger partial charge in [-0.2, -0.15) is 0 Å². The summed E-state index contributed by atoms with van der Waals surface area (Å²) in [6, 6.07) is 15.8. The second kappa shape index (κ2) is 5.93. The van der Waals surface area contributed by atoms with E-state index >= 15 is 0 Å². The van der Waals surface area contributed by atoms with Gasteiger partial charge in [0.05, 0.1) is 5.75 Å². The molecule has 1 aliphatic rings. The maximum atomic E-state index is 12.3. The van der Waals surface area contributed by atoms with Crippen LogP contribution < -0.4 is 15.5 Å². The number of hydrogen-bond donors (Lipinski definition) is 1. The zero-order valence-corrected chi connectivity index (χ0v) is 13.5. The highest BCUT2D eigenvalue weighted by Gasteiger charge is 2.34. The summed E-state index contributed by atoms with van der Waals surface area (Å²) < 4.78 is 0. The van der Waals surface area contributed by atoms with Crippen LogP contribution in [0, 0.1) is 0 Å². The number of thioether (sulfide) groups is 1. The van der Waals surface area contributed by atoms with Crippen LogP contribution in [0.2, 0.25) is 0 Å². The third-order valence-electron chi connectivity index (χ3n) is 3.71. The van der Waals surface area contributed by atoms with Gasteiger partial charge < -0.3 is 10.6 Å². The fraction of sp³-hybridized carbons (Fsp3) is 0.235. The average molecular weight is 313 g/mol. The van der Waals surface area contributed by atoms with Crippen LogP contribution in [0.25, 0.3) is 0 Å². The molecular weight excluding hydrogens is 294 g/mol. The molecule has 1 heterocycles. The molecule has 114 valence electrons. The van der Waals surface area contributed by atoms with Crippen molar-refractivity contribution in [3.8, 4) is 0 Å². The van der Waals surface area contributed by atoms with Crippen molar-refractivity contribution >= 4 is 34.7 Å². The van der Waals surface area contributed by atoms with Crippen LogP contribution >= 0.6 is 11.8 Å². The van der Waals surface area contributed by atoms with Crippen molar-refractivity contribution in [1.82, 2.24) is 0 Å². The van der Waals surface area contributed by atoms with Crippen LogP contribution in [0.5, 0.6) is 0 Å². The normalized spacial score (nSPS) is 17.8. The van der Waals surface area contributed by atoms with Gasteiger partial charge in [0, 0.05) is 31.2 Å². The molecule has 1 aliphatic heterocycles. The lowest BCUT2D eigenvalue weighted by Crippen LogP contribution is -2.27. The Morgan fingerprint density at radius 1 is 1.18 bits per heavy atom. The summed E-state index contributed by atoms with van der Waals surface area (Å²) in [5.74, 6) is 0.629. The molecule has 2 aromatic rings. The van der Waals surface area contributed by atoms with Gasteiger partial charge in [0.2, 0.25) is 5.91 Å². The highest BCUT2D eigenvalue weighted by atomic mass is 32.2. The highest BCUT2D eigenvalue weighted by molar-refractivity contribution is 8.00. The van der Waals surface area contributed by atoms with Gasteiger partial charge in [-0.3, -0.25) is 9.69 Å². The Bertz CT molecular complexity index is 685. The highest BCUT2D eigenvalue weighted by Crippen LogP contribution is 2.42. The van der Waals surface area contributed by atoms with E-state index in [4.69, 9.17) is 5.73 Å². The number of hydrogen-bond acceptors (Lipinski definition) is 4. The first-order valence-corrected chi connectivity index (χ1v) is 8.17. The van der Waals surface area contributed by atoms with Crippen molar-refractivity contribution in [2.24, 2.45) is 0 Å². The molecule has 0 aliphatic carbocycles. The third kappa shape index (κ3) is 2.76. The van der Waals surface area contributed by atoms with E-state index in [2.05, 4.69) is 0 Å². The predicted molar refractivity (Wildman–Crippen MR) is 94.3 cm³/mol. The molecular formula is C17H19N3OS. The van der Waals surface area contributed by atoms with E-state index in [1.54, 1.807) is 11.8 Å². The smallest absolute Gasteiger partial charge is 0.238 e. The Hall–Kier alpha value is -2.14. The number of carbonyl (C=O) groups is 1. The average Bonchev–Trinajstić information content (AvgIpc) is 2.89. The summed E-state index contributed by atoms with van der Waals surface area (Å²) in [4.78, 5) is 16.2. The first kappa shape index (κ1) is 14.8. The molecule has 4 nitrogen and oxygen atoms in total. The van der Waals surface area contributed by atoms with Crippen molar-refractivity contribution in [3.05, 3.63) is 54.1 Å². The van der Waals surface area contributed by atoms with E-state index in [0.717, 1.165) is 22.6 Å². The van der Waals surface area contributed by atoms with Crippen LogP contribution in [0.1, 0.15) is 10.9 Å². The minimum absolute atomic E-state index is 0.0128. The van der Waals surface area contributed by atoms with Gasteiger partial charge in [-0.05, 0) is 42.0 Å². The van der Waals surface area contributed by atoms with Crippen molar-refractivity contribution < 1.29 is 4.79 Å². The maximum absolute atomic E-state index is 12.3. The van der Waals surface area contributed by atoms with Gasteiger partial charge in [0.1, 0.15) is 5.37 Å². The molecule has 1 unspecified atom stereocenters. The number of carbonyl (C=O) groups excluding carboxylic acids is 1. The van der Waals surface area contributed by atoms with E-state index in [1.807, 2.05) is 72.4 Å². The fourth-order valence-corrected chi connectivity index (χ4v) is 3.74. The molecule has 1 amide bonds. The lowest BCUT2D eigenvalue weighted by Gasteiger charge is -2.25. The van der Waals surface area contributed by atoms with Gasteiger partial charge in [-0.25, -0.2) is 0 Å². The molecule has 2 N–H and O–H groups in total. The van der Waals surface area contributed by atoms with Crippen molar-refractivity contribution in [3.63, 3.8) is 0 Å². The number of nitrogens with two attached hydrogens (primary N) is 1. The first-order chi connectivity index (χ1) is 10.6. The van der Waals surface area contributed by atoms with E-state index in [-0.39, 0.29) is 11.3 Å². The maximum Gasteiger partial charge on any atom is 0.238 e. The number of rotatable bonds is 3. The Labute approximate surface area is 134 Å². The van der Waals surface area contributed by atoms with Crippen LogP contribution in [0.4, 0.5) is 17.1 Å². The van der Waals surface area contributed by atoms with Crippen LogP contribution in [-0.2, 0) is 4.79 Å². The standard InChI is InChI=1S/C17H19N3OS/c1-19(2)14-6-8-15(9-7-14)20-16(21)11-22-17(20)12-4-3-5-13(18)10-12/h3-10,17H,11,18H2,1-2H3. The molecule has 0 radical (unpaired) electrons. The second-order valence-electron chi connectivity index (χ2n) is 5.51. The topological polar surface area (TPSA) is 49.6 Å². The molecule has 2 aromatic carbocycles. The second-order valence-corrected chi connectivity index (χ2v) is 6.58.